The standard InChI is InChI=1S/C14H18N4S/c1-17-12-6-3-2-5-10(12)11(16-17)9-18-8-4-7-13(18)14(15)19/h2-3,5-6,13H,4,7-9H2,1H3,(H2,15,19). The Kier molecular flexibility index (Phi) is 3.24. The van der Waals surface area contributed by atoms with Crippen molar-refractivity contribution < 1.29 is 0 Å². The number of benzene rings is 1. The van der Waals surface area contributed by atoms with Gasteiger partial charge in [-0.3, -0.25) is 9.58 Å². The minimum Gasteiger partial charge on any atom is -0.392 e. The molecule has 2 aromatic rings. The molecule has 1 aliphatic heterocycles. The maximum atomic E-state index is 5.82. The summed E-state index contributed by atoms with van der Waals surface area (Å²) in [4.78, 5) is 2.95. The van der Waals surface area contributed by atoms with E-state index in [1.807, 2.05) is 17.8 Å². The van der Waals surface area contributed by atoms with Crippen LogP contribution in [-0.2, 0) is 13.6 Å². The number of likely N-dealkylation sites (tertiary alicyclic amines) is 1. The second-order valence-corrected chi connectivity index (χ2v) is 5.59. The molecule has 0 amide bonds. The van der Waals surface area contributed by atoms with Crippen LogP contribution in [0.2, 0.25) is 0 Å². The zero-order valence-electron chi connectivity index (χ0n) is 11.0. The molecule has 4 nitrogen and oxygen atoms in total. The van der Waals surface area contributed by atoms with Gasteiger partial charge in [-0.15, -0.1) is 0 Å². The maximum Gasteiger partial charge on any atom is 0.0902 e. The number of hydrogen-bond acceptors (Lipinski definition) is 3. The summed E-state index contributed by atoms with van der Waals surface area (Å²) < 4.78 is 1.94. The van der Waals surface area contributed by atoms with E-state index in [1.165, 1.54) is 10.9 Å². The molecule has 2 N–H and O–H groups in total. The molecule has 1 fully saturated rings. The van der Waals surface area contributed by atoms with Crippen LogP contribution in [0.25, 0.3) is 10.9 Å². The number of hydrogen-bond donors (Lipinski definition) is 1. The van der Waals surface area contributed by atoms with Crippen molar-refractivity contribution in [3.05, 3.63) is 30.0 Å². The molecule has 19 heavy (non-hydrogen) atoms. The quantitative estimate of drug-likeness (QED) is 0.867. The molecule has 0 radical (unpaired) electrons. The van der Waals surface area contributed by atoms with Gasteiger partial charge in [0, 0.05) is 19.0 Å². The summed E-state index contributed by atoms with van der Waals surface area (Å²) in [5, 5.41) is 5.86. The summed E-state index contributed by atoms with van der Waals surface area (Å²) in [5.41, 5.74) is 8.11. The summed E-state index contributed by atoms with van der Waals surface area (Å²) in [7, 11) is 1.99. The van der Waals surface area contributed by atoms with E-state index in [-0.39, 0.29) is 6.04 Å². The SMILES string of the molecule is Cn1nc(CN2CCCC2C(N)=S)c2ccccc21. The van der Waals surface area contributed by atoms with Gasteiger partial charge in [0.15, 0.2) is 0 Å². The van der Waals surface area contributed by atoms with Crippen LogP contribution in [-0.4, -0.2) is 32.3 Å². The predicted octanol–water partition coefficient (Wildman–Crippen LogP) is 1.82. The van der Waals surface area contributed by atoms with Gasteiger partial charge in [0.2, 0.25) is 0 Å². The Bertz CT molecular complexity index is 619. The van der Waals surface area contributed by atoms with E-state index >= 15 is 0 Å². The van der Waals surface area contributed by atoms with Crippen molar-refractivity contribution in [2.75, 3.05) is 6.54 Å². The zero-order chi connectivity index (χ0) is 13.4. The Morgan fingerprint density at radius 3 is 3.05 bits per heavy atom. The van der Waals surface area contributed by atoms with Gasteiger partial charge in [-0.2, -0.15) is 5.10 Å². The molecule has 5 heteroatoms. The van der Waals surface area contributed by atoms with Crippen LogP contribution in [0.15, 0.2) is 24.3 Å². The number of nitrogens with two attached hydrogens (primary N) is 1. The summed E-state index contributed by atoms with van der Waals surface area (Å²) in [6.45, 7) is 1.87. The summed E-state index contributed by atoms with van der Waals surface area (Å²) >= 11 is 5.16. The molecule has 1 aromatic carbocycles. The summed E-state index contributed by atoms with van der Waals surface area (Å²) in [5.74, 6) is 0. The lowest BCUT2D eigenvalue weighted by molar-refractivity contribution is 0.291. The Hall–Kier alpha value is -1.46. The second-order valence-electron chi connectivity index (χ2n) is 5.12. The number of aryl methyl sites for hydroxylation is 1. The first kappa shape index (κ1) is 12.6. The Morgan fingerprint density at radius 2 is 2.26 bits per heavy atom. The van der Waals surface area contributed by atoms with Gasteiger partial charge < -0.3 is 5.73 Å². The van der Waals surface area contributed by atoms with E-state index in [2.05, 4.69) is 28.2 Å². The molecule has 0 aliphatic carbocycles. The van der Waals surface area contributed by atoms with Gasteiger partial charge in [-0.25, -0.2) is 0 Å². The molecule has 2 heterocycles. The van der Waals surface area contributed by atoms with Gasteiger partial charge in [-0.05, 0) is 25.5 Å². The molecule has 100 valence electrons. The van der Waals surface area contributed by atoms with Crippen LogP contribution >= 0.6 is 12.2 Å². The molecular formula is C14H18N4S. The Balaban J connectivity index is 1.91. The Morgan fingerprint density at radius 1 is 1.47 bits per heavy atom. The fourth-order valence-corrected chi connectivity index (χ4v) is 3.20. The van der Waals surface area contributed by atoms with Crippen LogP contribution in [0, 0.1) is 0 Å². The van der Waals surface area contributed by atoms with Crippen LogP contribution in [0.4, 0.5) is 0 Å². The van der Waals surface area contributed by atoms with Crippen LogP contribution < -0.4 is 5.73 Å². The van der Waals surface area contributed by atoms with Crippen LogP contribution in [0.5, 0.6) is 0 Å². The van der Waals surface area contributed by atoms with Crippen molar-refractivity contribution in [3.63, 3.8) is 0 Å². The van der Waals surface area contributed by atoms with E-state index in [1.54, 1.807) is 0 Å². The molecular weight excluding hydrogens is 256 g/mol. The molecule has 0 bridgehead atoms. The van der Waals surface area contributed by atoms with Crippen molar-refractivity contribution in [1.29, 1.82) is 0 Å². The van der Waals surface area contributed by atoms with Crippen molar-refractivity contribution in [2.45, 2.75) is 25.4 Å². The lowest BCUT2D eigenvalue weighted by Gasteiger charge is -2.22. The first-order valence-corrected chi connectivity index (χ1v) is 7.01. The Labute approximate surface area is 118 Å². The minimum atomic E-state index is 0.232. The van der Waals surface area contributed by atoms with Crippen LogP contribution in [0.3, 0.4) is 0 Å². The lowest BCUT2D eigenvalue weighted by Crippen LogP contribution is -2.38. The fraction of sp³-hybridized carbons (Fsp3) is 0.429. The van der Waals surface area contributed by atoms with Gasteiger partial charge in [0.1, 0.15) is 0 Å². The number of para-hydroxylation sites is 1. The molecule has 0 saturated carbocycles. The minimum absolute atomic E-state index is 0.232. The molecule has 0 spiro atoms. The third kappa shape index (κ3) is 2.24. The highest BCUT2D eigenvalue weighted by Crippen LogP contribution is 2.24. The van der Waals surface area contributed by atoms with Gasteiger partial charge in [0.25, 0.3) is 0 Å². The first-order chi connectivity index (χ1) is 9.16. The van der Waals surface area contributed by atoms with Gasteiger partial charge in [-0.1, -0.05) is 30.4 Å². The molecule has 1 unspecified atom stereocenters. The summed E-state index contributed by atoms with van der Waals surface area (Å²) in [6.07, 6.45) is 2.23. The highest BCUT2D eigenvalue weighted by atomic mass is 32.1. The largest absolute Gasteiger partial charge is 0.392 e. The van der Waals surface area contributed by atoms with Crippen molar-refractivity contribution in [3.8, 4) is 0 Å². The molecule has 3 rings (SSSR count). The zero-order valence-corrected chi connectivity index (χ0v) is 11.9. The van der Waals surface area contributed by atoms with Crippen molar-refractivity contribution >= 4 is 28.1 Å². The van der Waals surface area contributed by atoms with Crippen molar-refractivity contribution in [2.24, 2.45) is 12.8 Å². The highest BCUT2D eigenvalue weighted by molar-refractivity contribution is 7.80. The number of thiocarbonyl (C=S) groups is 1. The van der Waals surface area contributed by atoms with Gasteiger partial charge >= 0.3 is 0 Å². The lowest BCUT2D eigenvalue weighted by atomic mass is 10.2. The maximum absolute atomic E-state index is 5.82. The van der Waals surface area contributed by atoms with E-state index < -0.39 is 0 Å². The normalized spacial score (nSPS) is 20.2. The predicted molar refractivity (Wildman–Crippen MR) is 80.9 cm³/mol. The third-order valence-electron chi connectivity index (χ3n) is 3.88. The van der Waals surface area contributed by atoms with E-state index in [9.17, 15) is 0 Å². The van der Waals surface area contributed by atoms with E-state index in [0.717, 1.165) is 31.6 Å². The smallest absolute Gasteiger partial charge is 0.0902 e. The molecule has 1 aromatic heterocycles. The molecule has 1 saturated heterocycles. The average Bonchev–Trinajstić information content (AvgIpc) is 2.97. The average molecular weight is 274 g/mol. The van der Waals surface area contributed by atoms with E-state index in [0.29, 0.717) is 4.99 Å². The van der Waals surface area contributed by atoms with Crippen LogP contribution in [0.1, 0.15) is 18.5 Å². The monoisotopic (exact) mass is 274 g/mol. The van der Waals surface area contributed by atoms with E-state index in [4.69, 9.17) is 18.0 Å². The number of aromatic nitrogens is 2. The topological polar surface area (TPSA) is 47.1 Å². The summed E-state index contributed by atoms with van der Waals surface area (Å²) in [6, 6.07) is 8.56. The second kappa shape index (κ2) is 4.90. The number of fused-ring (bicyclic) bond motifs is 1. The number of nitrogens with zero attached hydrogens (tertiary/aromatic N) is 3. The first-order valence-electron chi connectivity index (χ1n) is 6.61. The number of rotatable bonds is 3. The third-order valence-corrected chi connectivity index (χ3v) is 4.15. The van der Waals surface area contributed by atoms with Gasteiger partial charge in [0.05, 0.1) is 22.2 Å². The molecule has 1 aliphatic rings. The fourth-order valence-electron chi connectivity index (χ4n) is 2.94. The van der Waals surface area contributed by atoms with Crippen molar-refractivity contribution in [1.82, 2.24) is 14.7 Å². The highest BCUT2D eigenvalue weighted by Gasteiger charge is 2.27. The molecule has 1 atom stereocenters.